The van der Waals surface area contributed by atoms with Crippen LogP contribution in [-0.4, -0.2) is 19.9 Å². The van der Waals surface area contributed by atoms with E-state index in [1.165, 1.54) is 11.3 Å². The number of anilines is 2. The van der Waals surface area contributed by atoms with E-state index in [-0.39, 0.29) is 5.82 Å². The normalized spacial score (nSPS) is 10.8. The highest BCUT2D eigenvalue weighted by Gasteiger charge is 2.18. The van der Waals surface area contributed by atoms with Crippen LogP contribution >= 0.6 is 11.3 Å². The molecular formula is C17H19N7S. The summed E-state index contributed by atoms with van der Waals surface area (Å²) < 4.78 is 0. The van der Waals surface area contributed by atoms with Gasteiger partial charge in [0.25, 0.3) is 0 Å². The lowest BCUT2D eigenvalue weighted by Gasteiger charge is -2.08. The number of hydrogen-bond donors (Lipinski definition) is 3. The van der Waals surface area contributed by atoms with Crippen molar-refractivity contribution in [1.82, 2.24) is 19.9 Å². The fraction of sp³-hybridized carbons (Fsp3) is 0.294. The van der Waals surface area contributed by atoms with Crippen LogP contribution in [0.2, 0.25) is 0 Å². The molecule has 7 nitrogen and oxygen atoms in total. The molecule has 128 valence electrons. The van der Waals surface area contributed by atoms with Crippen LogP contribution in [0.25, 0.3) is 21.8 Å². The lowest BCUT2D eigenvalue weighted by Crippen LogP contribution is -2.00. The van der Waals surface area contributed by atoms with Gasteiger partial charge in [0.15, 0.2) is 5.13 Å². The van der Waals surface area contributed by atoms with Crippen molar-refractivity contribution >= 4 is 22.3 Å². The van der Waals surface area contributed by atoms with Crippen LogP contribution in [-0.2, 0) is 6.42 Å². The smallest absolute Gasteiger partial charge is 0.180 e. The van der Waals surface area contributed by atoms with Gasteiger partial charge in [-0.1, -0.05) is 24.7 Å². The Labute approximate surface area is 149 Å². The third-order valence-electron chi connectivity index (χ3n) is 3.89. The summed E-state index contributed by atoms with van der Waals surface area (Å²) in [7, 11) is 0. The number of nitriles is 1. The maximum Gasteiger partial charge on any atom is 0.180 e. The minimum absolute atomic E-state index is 0.186. The molecule has 3 aromatic rings. The fourth-order valence-electron chi connectivity index (χ4n) is 2.64. The van der Waals surface area contributed by atoms with Gasteiger partial charge in [0.05, 0.1) is 28.2 Å². The number of imidazole rings is 1. The zero-order valence-electron chi connectivity index (χ0n) is 14.1. The minimum atomic E-state index is 0.186. The summed E-state index contributed by atoms with van der Waals surface area (Å²) in [5, 5.41) is 9.97. The van der Waals surface area contributed by atoms with E-state index in [1.54, 1.807) is 6.20 Å². The second kappa shape index (κ2) is 6.91. The van der Waals surface area contributed by atoms with Crippen LogP contribution in [0.4, 0.5) is 10.9 Å². The Balaban J connectivity index is 2.10. The minimum Gasteiger partial charge on any atom is -0.383 e. The molecule has 0 radical (unpaired) electrons. The van der Waals surface area contributed by atoms with Gasteiger partial charge >= 0.3 is 0 Å². The largest absolute Gasteiger partial charge is 0.383 e. The van der Waals surface area contributed by atoms with Crippen molar-refractivity contribution in [3.63, 3.8) is 0 Å². The van der Waals surface area contributed by atoms with Crippen molar-refractivity contribution in [2.75, 3.05) is 11.5 Å². The Bertz CT molecular complexity index is 949. The summed E-state index contributed by atoms with van der Waals surface area (Å²) in [5.74, 6) is 1.09. The lowest BCUT2D eigenvalue weighted by atomic mass is 10.1. The summed E-state index contributed by atoms with van der Waals surface area (Å²) in [4.78, 5) is 17.1. The second-order valence-corrected chi connectivity index (χ2v) is 6.77. The highest BCUT2D eigenvalue weighted by atomic mass is 32.1. The molecule has 0 aliphatic rings. The van der Waals surface area contributed by atoms with Gasteiger partial charge in [-0.15, -0.1) is 0 Å². The van der Waals surface area contributed by atoms with Gasteiger partial charge in [-0.25, -0.2) is 15.0 Å². The molecule has 0 amide bonds. The van der Waals surface area contributed by atoms with Gasteiger partial charge in [-0.05, 0) is 19.4 Å². The van der Waals surface area contributed by atoms with Crippen molar-refractivity contribution in [3.8, 4) is 27.9 Å². The first-order valence-electron chi connectivity index (χ1n) is 8.01. The predicted octanol–water partition coefficient (Wildman–Crippen LogP) is 3.28. The van der Waals surface area contributed by atoms with Gasteiger partial charge in [0.2, 0.25) is 0 Å². The number of thiazole rings is 1. The first-order chi connectivity index (χ1) is 12.0. The molecule has 0 spiro atoms. The molecule has 0 aliphatic heterocycles. The molecule has 25 heavy (non-hydrogen) atoms. The lowest BCUT2D eigenvalue weighted by molar-refractivity contribution is 0.763. The highest BCUT2D eigenvalue weighted by Crippen LogP contribution is 2.35. The fourth-order valence-corrected chi connectivity index (χ4v) is 3.43. The first-order valence-corrected chi connectivity index (χ1v) is 8.83. The number of rotatable bonds is 5. The number of hydrogen-bond acceptors (Lipinski definition) is 7. The van der Waals surface area contributed by atoms with Gasteiger partial charge in [-0.3, -0.25) is 0 Å². The molecule has 3 heterocycles. The molecule has 0 saturated carbocycles. The number of pyridine rings is 1. The van der Waals surface area contributed by atoms with Gasteiger partial charge in [0.1, 0.15) is 23.3 Å². The Kier molecular flexibility index (Phi) is 4.67. The Morgan fingerprint density at radius 1 is 1.32 bits per heavy atom. The summed E-state index contributed by atoms with van der Waals surface area (Å²) in [6, 6.07) is 3.98. The molecule has 0 atom stereocenters. The number of aromatic amines is 1. The molecule has 3 aromatic heterocycles. The van der Waals surface area contributed by atoms with Crippen LogP contribution in [0.15, 0.2) is 12.3 Å². The van der Waals surface area contributed by atoms with Crippen LogP contribution in [0.3, 0.4) is 0 Å². The first kappa shape index (κ1) is 16.9. The van der Waals surface area contributed by atoms with E-state index in [9.17, 15) is 5.26 Å². The maximum absolute atomic E-state index is 9.49. The number of aryl methyl sites for hydroxylation is 2. The molecule has 0 bridgehead atoms. The molecular weight excluding hydrogens is 334 g/mol. The third-order valence-corrected chi connectivity index (χ3v) is 4.90. The topological polar surface area (TPSA) is 130 Å². The summed E-state index contributed by atoms with van der Waals surface area (Å²) in [5.41, 5.74) is 15.1. The van der Waals surface area contributed by atoms with Gasteiger partial charge < -0.3 is 16.5 Å². The number of nitrogens with zero attached hydrogens (tertiary/aromatic N) is 4. The van der Waals surface area contributed by atoms with Crippen molar-refractivity contribution in [1.29, 1.82) is 5.26 Å². The monoisotopic (exact) mass is 353 g/mol. The van der Waals surface area contributed by atoms with E-state index in [0.29, 0.717) is 22.0 Å². The van der Waals surface area contributed by atoms with Crippen LogP contribution in [0.5, 0.6) is 0 Å². The molecule has 3 rings (SSSR count). The van der Waals surface area contributed by atoms with Crippen molar-refractivity contribution in [2.45, 2.75) is 33.1 Å². The number of unbranched alkanes of at least 4 members (excludes halogenated alkanes) is 1. The van der Waals surface area contributed by atoms with E-state index < -0.39 is 0 Å². The molecule has 0 saturated heterocycles. The number of nitrogens with two attached hydrogens (primary N) is 2. The van der Waals surface area contributed by atoms with Crippen molar-refractivity contribution in [3.05, 3.63) is 29.3 Å². The van der Waals surface area contributed by atoms with Crippen molar-refractivity contribution < 1.29 is 0 Å². The molecule has 5 N–H and O–H groups in total. The predicted molar refractivity (Wildman–Crippen MR) is 99.8 cm³/mol. The number of H-pyrrole nitrogens is 1. The zero-order valence-corrected chi connectivity index (χ0v) is 14.9. The average Bonchev–Trinajstić information content (AvgIpc) is 3.18. The summed E-state index contributed by atoms with van der Waals surface area (Å²) >= 11 is 1.35. The Morgan fingerprint density at radius 3 is 2.76 bits per heavy atom. The van der Waals surface area contributed by atoms with Crippen molar-refractivity contribution in [2.24, 2.45) is 0 Å². The molecule has 8 heteroatoms. The van der Waals surface area contributed by atoms with E-state index in [0.717, 1.165) is 41.4 Å². The van der Waals surface area contributed by atoms with Gasteiger partial charge in [-0.2, -0.15) is 5.26 Å². The molecule has 0 fully saturated rings. The Hall–Kier alpha value is -2.92. The molecule has 0 unspecified atom stereocenters. The van der Waals surface area contributed by atoms with E-state index in [2.05, 4.69) is 32.9 Å². The molecule has 0 aliphatic carbocycles. The number of aromatic nitrogens is 4. The standard InChI is InChI=1S/C17H19N7S/c1-3-4-5-14-21-8-13(23-14)10-6-12(24-16(19)11(10)7-18)15-9(2)22-17(20)25-15/h6,8H,3-5H2,1-2H3,(H2,19,24)(H2,20,22)(H,21,23). The Morgan fingerprint density at radius 2 is 2.12 bits per heavy atom. The van der Waals surface area contributed by atoms with Gasteiger partial charge in [0, 0.05) is 12.0 Å². The summed E-state index contributed by atoms with van der Waals surface area (Å²) in [6.45, 7) is 4.01. The zero-order chi connectivity index (χ0) is 18.0. The number of nitrogens with one attached hydrogen (secondary N) is 1. The molecule has 0 aromatic carbocycles. The van der Waals surface area contributed by atoms with E-state index in [1.807, 2.05) is 13.0 Å². The van der Waals surface area contributed by atoms with E-state index >= 15 is 0 Å². The quantitative estimate of drug-likeness (QED) is 0.645. The maximum atomic E-state index is 9.49. The van der Waals surface area contributed by atoms with E-state index in [4.69, 9.17) is 11.5 Å². The SMILES string of the molecule is CCCCc1ncc(-c2cc(-c3sc(N)nc3C)nc(N)c2C#N)[nH]1. The average molecular weight is 353 g/mol. The highest BCUT2D eigenvalue weighted by molar-refractivity contribution is 7.18. The number of nitrogen functional groups attached to an aromatic ring is 2. The van der Waals surface area contributed by atoms with Crippen LogP contribution in [0, 0.1) is 18.3 Å². The van der Waals surface area contributed by atoms with Crippen LogP contribution < -0.4 is 11.5 Å². The van der Waals surface area contributed by atoms with Crippen LogP contribution in [0.1, 0.15) is 36.8 Å². The summed E-state index contributed by atoms with van der Waals surface area (Å²) in [6.07, 6.45) is 4.76. The second-order valence-electron chi connectivity index (χ2n) is 5.74. The third kappa shape index (κ3) is 3.32.